The normalized spacial score (nSPS) is 17.8. The zero-order valence-electron chi connectivity index (χ0n) is 17.9. The molecule has 2 saturated heterocycles. The Labute approximate surface area is 186 Å². The van der Waals surface area contributed by atoms with Crippen molar-refractivity contribution >= 4 is 28.2 Å². The van der Waals surface area contributed by atoms with Crippen LogP contribution in [0, 0.1) is 12.7 Å². The number of thiophene rings is 1. The van der Waals surface area contributed by atoms with E-state index in [2.05, 4.69) is 15.1 Å². The van der Waals surface area contributed by atoms with Gasteiger partial charge in [0.2, 0.25) is 0 Å². The molecule has 4 rings (SSSR count). The predicted octanol–water partition coefficient (Wildman–Crippen LogP) is 3.30. The number of aryl methyl sites for hydroxylation is 1. The third kappa shape index (κ3) is 5.50. The van der Waals surface area contributed by atoms with Crippen molar-refractivity contribution in [2.45, 2.75) is 19.8 Å². The van der Waals surface area contributed by atoms with Gasteiger partial charge in [-0.15, -0.1) is 11.3 Å². The summed E-state index contributed by atoms with van der Waals surface area (Å²) in [5.74, 6) is -0.815. The molecule has 6 nitrogen and oxygen atoms in total. The van der Waals surface area contributed by atoms with Crippen molar-refractivity contribution in [3.63, 3.8) is 0 Å². The SMILES string of the molecule is Cc1cc(NC(=O)c2cccc(F)c2)sc1C(=O)N1CCN(CCN2CCCC2)CC1. The second kappa shape index (κ2) is 9.89. The van der Waals surface area contributed by atoms with Gasteiger partial charge in [-0.3, -0.25) is 14.5 Å². The number of carbonyl (C=O) groups is 2. The van der Waals surface area contributed by atoms with E-state index >= 15 is 0 Å². The first-order valence-electron chi connectivity index (χ1n) is 10.9. The fourth-order valence-electron chi connectivity index (χ4n) is 4.18. The van der Waals surface area contributed by atoms with Crippen LogP contribution >= 0.6 is 11.3 Å². The van der Waals surface area contributed by atoms with Crippen LogP contribution in [0.1, 0.15) is 38.4 Å². The summed E-state index contributed by atoms with van der Waals surface area (Å²) in [4.78, 5) is 32.9. The summed E-state index contributed by atoms with van der Waals surface area (Å²) >= 11 is 1.28. The highest BCUT2D eigenvalue weighted by Gasteiger charge is 2.25. The number of carbonyl (C=O) groups excluding carboxylic acids is 2. The Bertz CT molecular complexity index is 933. The van der Waals surface area contributed by atoms with Crippen LogP contribution in [-0.2, 0) is 0 Å². The molecule has 1 aromatic heterocycles. The Morgan fingerprint density at radius 2 is 1.68 bits per heavy atom. The highest BCUT2D eigenvalue weighted by Crippen LogP contribution is 2.28. The maximum Gasteiger partial charge on any atom is 0.264 e. The molecule has 2 amide bonds. The van der Waals surface area contributed by atoms with Gasteiger partial charge in [0.05, 0.1) is 9.88 Å². The summed E-state index contributed by atoms with van der Waals surface area (Å²) in [5.41, 5.74) is 1.10. The molecule has 1 aromatic carbocycles. The van der Waals surface area contributed by atoms with Crippen molar-refractivity contribution in [1.29, 1.82) is 0 Å². The fraction of sp³-hybridized carbons (Fsp3) is 0.478. The van der Waals surface area contributed by atoms with E-state index in [0.29, 0.717) is 9.88 Å². The number of nitrogens with one attached hydrogen (secondary N) is 1. The molecule has 1 N–H and O–H groups in total. The molecular weight excluding hydrogens is 415 g/mol. The first-order valence-corrected chi connectivity index (χ1v) is 11.7. The number of hydrogen-bond acceptors (Lipinski definition) is 5. The largest absolute Gasteiger partial charge is 0.335 e. The molecule has 31 heavy (non-hydrogen) atoms. The highest BCUT2D eigenvalue weighted by molar-refractivity contribution is 7.18. The first-order chi connectivity index (χ1) is 15.0. The summed E-state index contributed by atoms with van der Waals surface area (Å²) in [6.07, 6.45) is 2.63. The molecule has 3 heterocycles. The summed E-state index contributed by atoms with van der Waals surface area (Å²) in [6, 6.07) is 7.37. The smallest absolute Gasteiger partial charge is 0.264 e. The van der Waals surface area contributed by atoms with Crippen molar-refractivity contribution in [2.75, 3.05) is 57.7 Å². The van der Waals surface area contributed by atoms with Gasteiger partial charge >= 0.3 is 0 Å². The van der Waals surface area contributed by atoms with Crippen molar-refractivity contribution in [1.82, 2.24) is 14.7 Å². The molecule has 2 aliphatic heterocycles. The van der Waals surface area contributed by atoms with Crippen LogP contribution in [0.25, 0.3) is 0 Å². The highest BCUT2D eigenvalue weighted by atomic mass is 32.1. The Kier molecular flexibility index (Phi) is 6.99. The molecule has 2 fully saturated rings. The lowest BCUT2D eigenvalue weighted by Crippen LogP contribution is -2.50. The van der Waals surface area contributed by atoms with Crippen LogP contribution in [0.15, 0.2) is 30.3 Å². The standard InChI is InChI=1S/C23H29FN4O2S/c1-17-15-20(25-22(29)18-5-4-6-19(24)16-18)31-21(17)23(30)28-13-11-27(12-14-28)10-9-26-7-2-3-8-26/h4-6,15-16H,2-3,7-14H2,1H3,(H,25,29). The topological polar surface area (TPSA) is 55.9 Å². The molecule has 166 valence electrons. The molecule has 8 heteroatoms. The van der Waals surface area contributed by atoms with E-state index in [0.717, 1.165) is 44.8 Å². The van der Waals surface area contributed by atoms with Crippen LogP contribution in [0.2, 0.25) is 0 Å². The summed E-state index contributed by atoms with van der Waals surface area (Å²) in [7, 11) is 0. The Hall–Kier alpha value is -2.29. The van der Waals surface area contributed by atoms with E-state index in [4.69, 9.17) is 0 Å². The maximum absolute atomic E-state index is 13.4. The van der Waals surface area contributed by atoms with E-state index in [-0.39, 0.29) is 17.4 Å². The van der Waals surface area contributed by atoms with E-state index in [1.54, 1.807) is 12.1 Å². The zero-order valence-corrected chi connectivity index (χ0v) is 18.7. The first kappa shape index (κ1) is 21.9. The summed E-state index contributed by atoms with van der Waals surface area (Å²) < 4.78 is 13.4. The molecule has 0 radical (unpaired) electrons. The van der Waals surface area contributed by atoms with Gasteiger partial charge in [0.15, 0.2) is 0 Å². The number of benzene rings is 1. The van der Waals surface area contributed by atoms with Gasteiger partial charge in [0.25, 0.3) is 11.8 Å². The molecule has 0 saturated carbocycles. The lowest BCUT2D eigenvalue weighted by molar-refractivity contribution is 0.0630. The van der Waals surface area contributed by atoms with Gasteiger partial charge in [0, 0.05) is 44.8 Å². The maximum atomic E-state index is 13.4. The van der Waals surface area contributed by atoms with Crippen molar-refractivity contribution in [3.8, 4) is 0 Å². The third-order valence-electron chi connectivity index (χ3n) is 6.03. The average Bonchev–Trinajstić information content (AvgIpc) is 3.41. The van der Waals surface area contributed by atoms with Gasteiger partial charge in [-0.05, 0) is 62.7 Å². The van der Waals surface area contributed by atoms with Crippen molar-refractivity contribution in [3.05, 3.63) is 52.2 Å². The second-order valence-corrected chi connectivity index (χ2v) is 9.32. The van der Waals surface area contributed by atoms with Gasteiger partial charge < -0.3 is 15.1 Å². The Morgan fingerprint density at radius 1 is 1.00 bits per heavy atom. The molecule has 0 aliphatic carbocycles. The number of nitrogens with zero attached hydrogens (tertiary/aromatic N) is 3. The minimum absolute atomic E-state index is 0.0212. The third-order valence-corrected chi connectivity index (χ3v) is 7.17. The van der Waals surface area contributed by atoms with Crippen LogP contribution in [0.5, 0.6) is 0 Å². The molecule has 2 aromatic rings. The van der Waals surface area contributed by atoms with Gasteiger partial charge in [-0.2, -0.15) is 0 Å². The lowest BCUT2D eigenvalue weighted by atomic mass is 10.2. The monoisotopic (exact) mass is 444 g/mol. The molecular formula is C23H29FN4O2S. The number of rotatable bonds is 6. The van der Waals surface area contributed by atoms with E-state index in [9.17, 15) is 14.0 Å². The number of halogens is 1. The van der Waals surface area contributed by atoms with Crippen molar-refractivity contribution in [2.24, 2.45) is 0 Å². The van der Waals surface area contributed by atoms with Crippen LogP contribution < -0.4 is 5.32 Å². The molecule has 2 aliphatic rings. The predicted molar refractivity (Wildman–Crippen MR) is 121 cm³/mol. The van der Waals surface area contributed by atoms with Crippen molar-refractivity contribution < 1.29 is 14.0 Å². The molecule has 0 spiro atoms. The summed E-state index contributed by atoms with van der Waals surface area (Å²) in [6.45, 7) is 9.74. The lowest BCUT2D eigenvalue weighted by Gasteiger charge is -2.35. The number of anilines is 1. The number of hydrogen-bond donors (Lipinski definition) is 1. The van der Waals surface area contributed by atoms with E-state index in [1.807, 2.05) is 11.8 Å². The second-order valence-electron chi connectivity index (χ2n) is 8.27. The Balaban J connectivity index is 1.31. The Morgan fingerprint density at radius 3 is 2.35 bits per heavy atom. The molecule has 0 bridgehead atoms. The van der Waals surface area contributed by atoms with E-state index in [1.165, 1.54) is 55.5 Å². The van der Waals surface area contributed by atoms with Crippen LogP contribution in [0.4, 0.5) is 9.39 Å². The molecule has 0 atom stereocenters. The molecule has 0 unspecified atom stereocenters. The van der Waals surface area contributed by atoms with Gasteiger partial charge in [0.1, 0.15) is 5.82 Å². The minimum Gasteiger partial charge on any atom is -0.335 e. The number of likely N-dealkylation sites (tertiary alicyclic amines) is 1. The zero-order chi connectivity index (χ0) is 21.8. The minimum atomic E-state index is -0.453. The van der Waals surface area contributed by atoms with Gasteiger partial charge in [-0.25, -0.2) is 4.39 Å². The average molecular weight is 445 g/mol. The summed E-state index contributed by atoms with van der Waals surface area (Å²) in [5, 5.41) is 3.38. The fourth-order valence-corrected chi connectivity index (χ4v) is 5.21. The quantitative estimate of drug-likeness (QED) is 0.743. The van der Waals surface area contributed by atoms with E-state index < -0.39 is 5.82 Å². The van der Waals surface area contributed by atoms with Crippen LogP contribution in [0.3, 0.4) is 0 Å². The number of amides is 2. The van der Waals surface area contributed by atoms with Crippen LogP contribution in [-0.4, -0.2) is 78.9 Å². The van der Waals surface area contributed by atoms with Gasteiger partial charge in [-0.1, -0.05) is 6.07 Å². The number of piperazine rings is 1.